The van der Waals surface area contributed by atoms with Crippen molar-refractivity contribution in [2.75, 3.05) is 19.7 Å². The van der Waals surface area contributed by atoms with Crippen LogP contribution in [0.25, 0.3) is 0 Å². The molecule has 2 heterocycles. The maximum absolute atomic E-state index is 10.9. The lowest BCUT2D eigenvalue weighted by Crippen LogP contribution is -2.32. The number of rotatable bonds is 6. The molecule has 1 atom stereocenters. The summed E-state index contributed by atoms with van der Waals surface area (Å²) in [7, 11) is 0. The molecule has 1 aromatic heterocycles. The molecule has 5 heteroatoms. The molecule has 0 radical (unpaired) electrons. The van der Waals surface area contributed by atoms with Crippen LogP contribution < -0.4 is 0 Å². The summed E-state index contributed by atoms with van der Waals surface area (Å²) in [6.45, 7) is 5.40. The zero-order valence-corrected chi connectivity index (χ0v) is 11.2. The summed E-state index contributed by atoms with van der Waals surface area (Å²) >= 11 is 0. The van der Waals surface area contributed by atoms with E-state index < -0.39 is 5.97 Å². The summed E-state index contributed by atoms with van der Waals surface area (Å²) in [6.07, 6.45) is 2.55. The van der Waals surface area contributed by atoms with Crippen molar-refractivity contribution in [1.29, 1.82) is 0 Å². The highest BCUT2D eigenvalue weighted by molar-refractivity contribution is 5.85. The van der Waals surface area contributed by atoms with Gasteiger partial charge >= 0.3 is 5.97 Å². The van der Waals surface area contributed by atoms with E-state index in [0.717, 1.165) is 38.2 Å². The molecule has 1 N–H and O–H groups in total. The number of carbonyl (C=O) groups is 1. The second kappa shape index (κ2) is 6.63. The molecule has 0 saturated carbocycles. The van der Waals surface area contributed by atoms with Gasteiger partial charge in [0.15, 0.2) is 0 Å². The molecular formula is C14H20N2O3. The van der Waals surface area contributed by atoms with Crippen LogP contribution in [-0.2, 0) is 11.3 Å². The lowest BCUT2D eigenvalue weighted by molar-refractivity contribution is 0.0683. The van der Waals surface area contributed by atoms with Crippen molar-refractivity contribution in [3.63, 3.8) is 0 Å². The zero-order valence-electron chi connectivity index (χ0n) is 11.2. The van der Waals surface area contributed by atoms with Gasteiger partial charge in [-0.25, -0.2) is 9.78 Å². The molecule has 0 spiro atoms. The molecule has 0 aromatic carbocycles. The Balaban J connectivity index is 1.96. The van der Waals surface area contributed by atoms with Crippen LogP contribution in [0.1, 0.15) is 35.9 Å². The van der Waals surface area contributed by atoms with Gasteiger partial charge in [-0.3, -0.25) is 4.90 Å². The fraction of sp³-hybridized carbons (Fsp3) is 0.571. The molecule has 1 aromatic rings. The van der Waals surface area contributed by atoms with E-state index >= 15 is 0 Å². The van der Waals surface area contributed by atoms with Crippen LogP contribution in [0.2, 0.25) is 0 Å². The molecule has 1 aliphatic heterocycles. The molecule has 1 fully saturated rings. The lowest BCUT2D eigenvalue weighted by atomic mass is 10.2. The summed E-state index contributed by atoms with van der Waals surface area (Å²) in [6, 6.07) is 5.12. The maximum atomic E-state index is 10.9. The molecule has 0 aliphatic carbocycles. The van der Waals surface area contributed by atoms with Crippen molar-refractivity contribution < 1.29 is 14.6 Å². The smallest absolute Gasteiger partial charge is 0.354 e. The number of nitrogens with zero attached hydrogens (tertiary/aromatic N) is 2. The number of aromatic carboxylic acids is 1. The van der Waals surface area contributed by atoms with Crippen LogP contribution in [0.5, 0.6) is 0 Å². The predicted octanol–water partition coefficient (Wildman–Crippen LogP) is 1.78. The standard InChI is InChI=1S/C14H20N2O3/c1-2-16(10-12-6-4-8-19-12)9-11-5-3-7-13(15-11)14(17)18/h3,5,7,12H,2,4,6,8-10H2,1H3,(H,17,18). The minimum Gasteiger partial charge on any atom is -0.477 e. The number of pyridine rings is 1. The fourth-order valence-electron chi connectivity index (χ4n) is 2.30. The van der Waals surface area contributed by atoms with E-state index in [0.29, 0.717) is 12.6 Å². The Labute approximate surface area is 113 Å². The van der Waals surface area contributed by atoms with Crippen molar-refractivity contribution in [3.8, 4) is 0 Å². The van der Waals surface area contributed by atoms with Crippen LogP contribution in [0.3, 0.4) is 0 Å². The maximum Gasteiger partial charge on any atom is 0.354 e. The van der Waals surface area contributed by atoms with Crippen LogP contribution in [0.15, 0.2) is 18.2 Å². The predicted molar refractivity (Wildman–Crippen MR) is 71.1 cm³/mol. The Morgan fingerprint density at radius 2 is 2.42 bits per heavy atom. The molecule has 0 amide bonds. The second-order valence-corrected chi connectivity index (χ2v) is 4.78. The van der Waals surface area contributed by atoms with E-state index in [1.54, 1.807) is 6.07 Å². The molecule has 1 unspecified atom stereocenters. The summed E-state index contributed by atoms with van der Waals surface area (Å²) in [5.74, 6) is -0.982. The van der Waals surface area contributed by atoms with Gasteiger partial charge in [0.25, 0.3) is 0 Å². The third-order valence-electron chi connectivity index (χ3n) is 3.34. The van der Waals surface area contributed by atoms with Gasteiger partial charge in [0.2, 0.25) is 0 Å². The van der Waals surface area contributed by atoms with Crippen molar-refractivity contribution in [2.45, 2.75) is 32.4 Å². The van der Waals surface area contributed by atoms with E-state index in [-0.39, 0.29) is 5.69 Å². The first-order chi connectivity index (χ1) is 9.19. The number of carboxylic acids is 1. The minimum absolute atomic E-state index is 0.102. The molecule has 1 saturated heterocycles. The molecule has 5 nitrogen and oxygen atoms in total. The first-order valence-electron chi connectivity index (χ1n) is 6.72. The Bertz CT molecular complexity index is 430. The normalized spacial score (nSPS) is 18.9. The van der Waals surface area contributed by atoms with Gasteiger partial charge in [-0.15, -0.1) is 0 Å². The lowest BCUT2D eigenvalue weighted by Gasteiger charge is -2.23. The molecule has 104 valence electrons. The first kappa shape index (κ1) is 14.0. The molecular weight excluding hydrogens is 244 g/mol. The second-order valence-electron chi connectivity index (χ2n) is 4.78. The minimum atomic E-state index is -0.982. The topological polar surface area (TPSA) is 62.7 Å². The molecule has 0 bridgehead atoms. The highest BCUT2D eigenvalue weighted by atomic mass is 16.5. The van der Waals surface area contributed by atoms with E-state index in [1.807, 2.05) is 6.07 Å². The summed E-state index contributed by atoms with van der Waals surface area (Å²) in [5, 5.41) is 8.93. The van der Waals surface area contributed by atoms with Gasteiger partial charge < -0.3 is 9.84 Å². The van der Waals surface area contributed by atoms with Gasteiger partial charge in [-0.2, -0.15) is 0 Å². The Kier molecular flexibility index (Phi) is 4.87. The third-order valence-corrected chi connectivity index (χ3v) is 3.34. The number of carboxylic acid groups (broad SMARTS) is 1. The number of hydrogen-bond acceptors (Lipinski definition) is 4. The SMILES string of the molecule is CCN(Cc1cccc(C(=O)O)n1)CC1CCCO1. The van der Waals surface area contributed by atoms with Crippen LogP contribution >= 0.6 is 0 Å². The van der Waals surface area contributed by atoms with Gasteiger partial charge in [-0.1, -0.05) is 13.0 Å². The van der Waals surface area contributed by atoms with Crippen molar-refractivity contribution in [1.82, 2.24) is 9.88 Å². The molecule has 2 rings (SSSR count). The van der Waals surface area contributed by atoms with Crippen molar-refractivity contribution >= 4 is 5.97 Å². The largest absolute Gasteiger partial charge is 0.477 e. The first-order valence-corrected chi connectivity index (χ1v) is 6.72. The monoisotopic (exact) mass is 264 g/mol. The van der Waals surface area contributed by atoms with E-state index in [2.05, 4.69) is 16.8 Å². The fourth-order valence-corrected chi connectivity index (χ4v) is 2.30. The Morgan fingerprint density at radius 1 is 1.58 bits per heavy atom. The van der Waals surface area contributed by atoms with Gasteiger partial charge in [0, 0.05) is 19.7 Å². The van der Waals surface area contributed by atoms with Crippen LogP contribution in [0.4, 0.5) is 0 Å². The van der Waals surface area contributed by atoms with E-state index in [9.17, 15) is 4.79 Å². The summed E-state index contributed by atoms with van der Waals surface area (Å²) in [4.78, 5) is 17.3. The number of ether oxygens (including phenoxy) is 1. The average Bonchev–Trinajstić information content (AvgIpc) is 2.91. The van der Waals surface area contributed by atoms with Gasteiger partial charge in [0.1, 0.15) is 5.69 Å². The van der Waals surface area contributed by atoms with E-state index in [4.69, 9.17) is 9.84 Å². The van der Waals surface area contributed by atoms with Gasteiger partial charge in [-0.05, 0) is 31.5 Å². The van der Waals surface area contributed by atoms with Crippen molar-refractivity contribution in [3.05, 3.63) is 29.6 Å². The Hall–Kier alpha value is -1.46. The van der Waals surface area contributed by atoms with E-state index in [1.165, 1.54) is 6.07 Å². The van der Waals surface area contributed by atoms with Crippen LogP contribution in [0, 0.1) is 0 Å². The molecule has 19 heavy (non-hydrogen) atoms. The Morgan fingerprint density at radius 3 is 3.05 bits per heavy atom. The zero-order chi connectivity index (χ0) is 13.7. The third kappa shape index (κ3) is 4.01. The van der Waals surface area contributed by atoms with Gasteiger partial charge in [0.05, 0.1) is 11.8 Å². The summed E-state index contributed by atoms with van der Waals surface area (Å²) in [5.41, 5.74) is 0.894. The number of hydrogen-bond donors (Lipinski definition) is 1. The number of likely N-dealkylation sites (N-methyl/N-ethyl adjacent to an activating group) is 1. The van der Waals surface area contributed by atoms with Crippen molar-refractivity contribution in [2.24, 2.45) is 0 Å². The quantitative estimate of drug-likeness (QED) is 0.848. The number of aromatic nitrogens is 1. The van der Waals surface area contributed by atoms with Crippen LogP contribution in [-0.4, -0.2) is 46.8 Å². The average molecular weight is 264 g/mol. The highest BCUT2D eigenvalue weighted by Gasteiger charge is 2.19. The highest BCUT2D eigenvalue weighted by Crippen LogP contribution is 2.14. The summed E-state index contributed by atoms with van der Waals surface area (Å²) < 4.78 is 5.63. The molecule has 1 aliphatic rings.